The van der Waals surface area contributed by atoms with Crippen LogP contribution in [-0.4, -0.2) is 57.2 Å². The molecule has 0 bridgehead atoms. The molecule has 9 nitrogen and oxygen atoms in total. The summed E-state index contributed by atoms with van der Waals surface area (Å²) in [5.41, 5.74) is -1.07. The van der Waals surface area contributed by atoms with Gasteiger partial charge in [0, 0.05) is 30.4 Å². The van der Waals surface area contributed by atoms with E-state index in [1.807, 2.05) is 11.0 Å². The molecule has 3 N–H and O–H groups in total. The monoisotopic (exact) mass is 431 g/mol. The van der Waals surface area contributed by atoms with Crippen LogP contribution in [0.1, 0.15) is 58.1 Å². The standard InChI is InChI=1S/C21H30FN7O2/c1-20(2,3)31-19(30)24-12-21(22)8-4-10-29(13-21)18-23-9-7-16(26-18)25-17-11-15(27-28-17)14-5-6-14/h7,9,11,14H,4-6,8,10,12-13H2,1-3H3,(H,24,30)(H2,23,25,26,27,28)/t21-/m1/s1. The third-order valence-corrected chi connectivity index (χ3v) is 5.27. The third-order valence-electron chi connectivity index (χ3n) is 5.27. The fourth-order valence-electron chi connectivity index (χ4n) is 3.65. The van der Waals surface area contributed by atoms with Crippen LogP contribution in [0.4, 0.5) is 26.8 Å². The molecule has 1 saturated heterocycles. The highest BCUT2D eigenvalue weighted by Crippen LogP contribution is 2.39. The predicted octanol–water partition coefficient (Wildman–Crippen LogP) is 3.65. The maximum atomic E-state index is 15.4. The van der Waals surface area contributed by atoms with Gasteiger partial charge in [0.2, 0.25) is 5.95 Å². The van der Waals surface area contributed by atoms with Crippen LogP contribution in [0.15, 0.2) is 18.3 Å². The first-order valence-corrected chi connectivity index (χ1v) is 10.8. The highest BCUT2D eigenvalue weighted by atomic mass is 19.1. The SMILES string of the molecule is CC(C)(C)OC(=O)NC[C@]1(F)CCCN(c2nccc(Nc3cc(C4CC4)[nH]n3)n2)C1. The number of hydrogen-bond donors (Lipinski definition) is 3. The minimum absolute atomic E-state index is 0.0977. The molecule has 10 heteroatoms. The largest absolute Gasteiger partial charge is 0.444 e. The van der Waals surface area contributed by atoms with Crippen molar-refractivity contribution in [2.24, 2.45) is 0 Å². The summed E-state index contributed by atoms with van der Waals surface area (Å²) < 4.78 is 20.6. The second-order valence-corrected chi connectivity index (χ2v) is 9.38. The van der Waals surface area contributed by atoms with E-state index < -0.39 is 17.4 Å². The molecule has 2 aromatic rings. The first-order valence-electron chi connectivity index (χ1n) is 10.8. The van der Waals surface area contributed by atoms with Crippen molar-refractivity contribution >= 4 is 23.7 Å². The number of aromatic amines is 1. The number of anilines is 3. The molecule has 1 aliphatic carbocycles. The first-order chi connectivity index (χ1) is 14.7. The summed E-state index contributed by atoms with van der Waals surface area (Å²) in [4.78, 5) is 22.6. The van der Waals surface area contributed by atoms with Crippen molar-refractivity contribution in [2.45, 2.75) is 63.6 Å². The number of carbonyl (C=O) groups is 1. The van der Waals surface area contributed by atoms with Crippen molar-refractivity contribution in [1.82, 2.24) is 25.5 Å². The zero-order valence-electron chi connectivity index (χ0n) is 18.2. The normalized spacial score (nSPS) is 21.6. The molecule has 3 heterocycles. The molecule has 0 unspecified atom stereocenters. The van der Waals surface area contributed by atoms with Gasteiger partial charge in [-0.25, -0.2) is 14.2 Å². The molecule has 0 radical (unpaired) electrons. The second-order valence-electron chi connectivity index (χ2n) is 9.38. The van der Waals surface area contributed by atoms with Crippen molar-refractivity contribution in [3.05, 3.63) is 24.0 Å². The van der Waals surface area contributed by atoms with Gasteiger partial charge in [-0.15, -0.1) is 0 Å². The Labute approximate surface area is 181 Å². The number of nitrogens with zero attached hydrogens (tertiary/aromatic N) is 4. The maximum absolute atomic E-state index is 15.4. The van der Waals surface area contributed by atoms with Crippen molar-refractivity contribution in [1.29, 1.82) is 0 Å². The minimum atomic E-state index is -1.58. The minimum Gasteiger partial charge on any atom is -0.444 e. The number of amides is 1. The predicted molar refractivity (Wildman–Crippen MR) is 115 cm³/mol. The molecule has 0 spiro atoms. The molecular weight excluding hydrogens is 401 g/mol. The fourth-order valence-corrected chi connectivity index (χ4v) is 3.65. The number of piperidine rings is 1. The quantitative estimate of drug-likeness (QED) is 0.641. The summed E-state index contributed by atoms with van der Waals surface area (Å²) >= 11 is 0. The second kappa shape index (κ2) is 8.32. The van der Waals surface area contributed by atoms with E-state index in [9.17, 15) is 4.79 Å². The molecule has 168 valence electrons. The van der Waals surface area contributed by atoms with Gasteiger partial charge < -0.3 is 20.3 Å². The number of nitrogens with one attached hydrogen (secondary N) is 3. The van der Waals surface area contributed by atoms with E-state index in [0.717, 1.165) is 5.69 Å². The maximum Gasteiger partial charge on any atom is 0.407 e. The third kappa shape index (κ3) is 5.83. The van der Waals surface area contributed by atoms with Crippen molar-refractivity contribution < 1.29 is 13.9 Å². The van der Waals surface area contributed by atoms with Crippen LogP contribution in [0.3, 0.4) is 0 Å². The van der Waals surface area contributed by atoms with Crippen molar-refractivity contribution in [3.8, 4) is 0 Å². The first kappa shape index (κ1) is 21.3. The summed E-state index contributed by atoms with van der Waals surface area (Å²) in [5, 5.41) is 13.1. The van der Waals surface area contributed by atoms with E-state index >= 15 is 4.39 Å². The van der Waals surface area contributed by atoms with Crippen LogP contribution >= 0.6 is 0 Å². The lowest BCUT2D eigenvalue weighted by Gasteiger charge is -2.37. The topological polar surface area (TPSA) is 108 Å². The van der Waals surface area contributed by atoms with Gasteiger partial charge in [0.1, 0.15) is 17.1 Å². The molecule has 2 aromatic heterocycles. The van der Waals surface area contributed by atoms with Gasteiger partial charge in [0.15, 0.2) is 5.82 Å². The van der Waals surface area contributed by atoms with E-state index in [1.165, 1.54) is 12.8 Å². The lowest BCUT2D eigenvalue weighted by molar-refractivity contribution is 0.0462. The van der Waals surface area contributed by atoms with Crippen molar-refractivity contribution in [3.63, 3.8) is 0 Å². The summed E-state index contributed by atoms with van der Waals surface area (Å²) in [5.74, 6) is 2.33. The van der Waals surface area contributed by atoms with Crippen molar-refractivity contribution in [2.75, 3.05) is 29.9 Å². The molecule has 1 saturated carbocycles. The van der Waals surface area contributed by atoms with E-state index in [0.29, 0.717) is 42.9 Å². The number of aromatic nitrogens is 4. The number of ether oxygens (including phenoxy) is 1. The molecule has 1 aliphatic heterocycles. The molecule has 1 amide bonds. The number of carbonyl (C=O) groups excluding carboxylic acids is 1. The summed E-state index contributed by atoms with van der Waals surface area (Å²) in [6, 6.07) is 3.75. The van der Waals surface area contributed by atoms with Gasteiger partial charge in [-0.3, -0.25) is 5.10 Å². The molecule has 31 heavy (non-hydrogen) atoms. The number of halogens is 1. The highest BCUT2D eigenvalue weighted by molar-refractivity contribution is 5.67. The van der Waals surface area contributed by atoms with Crippen LogP contribution in [0.2, 0.25) is 0 Å². The Morgan fingerprint density at radius 1 is 1.39 bits per heavy atom. The Morgan fingerprint density at radius 3 is 2.94 bits per heavy atom. The number of rotatable bonds is 6. The van der Waals surface area contributed by atoms with Crippen LogP contribution in [0.25, 0.3) is 0 Å². The lowest BCUT2D eigenvalue weighted by atomic mass is 9.95. The van der Waals surface area contributed by atoms with E-state index in [4.69, 9.17) is 4.74 Å². The van der Waals surface area contributed by atoms with Crippen LogP contribution < -0.4 is 15.5 Å². The van der Waals surface area contributed by atoms with E-state index in [1.54, 1.807) is 33.0 Å². The van der Waals surface area contributed by atoms with E-state index in [2.05, 4.69) is 30.8 Å². The van der Waals surface area contributed by atoms with Crippen LogP contribution in [0.5, 0.6) is 0 Å². The molecule has 4 rings (SSSR count). The Hall–Kier alpha value is -2.91. The van der Waals surface area contributed by atoms with Gasteiger partial charge in [-0.2, -0.15) is 10.1 Å². The summed E-state index contributed by atoms with van der Waals surface area (Å²) in [7, 11) is 0. The average Bonchev–Trinajstić information content (AvgIpc) is 3.45. The number of alkyl carbamates (subject to hydrolysis) is 1. The van der Waals surface area contributed by atoms with Crippen LogP contribution in [-0.2, 0) is 4.74 Å². The highest BCUT2D eigenvalue weighted by Gasteiger charge is 2.37. The van der Waals surface area contributed by atoms with Crippen LogP contribution in [0, 0.1) is 0 Å². The molecule has 0 aromatic carbocycles. The molecular formula is C21H30FN7O2. The number of H-pyrrole nitrogens is 1. The molecule has 1 atom stereocenters. The molecule has 2 aliphatic rings. The van der Waals surface area contributed by atoms with Gasteiger partial charge in [0.25, 0.3) is 0 Å². The number of hydrogen-bond acceptors (Lipinski definition) is 7. The lowest BCUT2D eigenvalue weighted by Crippen LogP contribution is -2.52. The summed E-state index contributed by atoms with van der Waals surface area (Å²) in [6.07, 6.45) is 4.41. The number of alkyl halides is 1. The average molecular weight is 432 g/mol. The Kier molecular flexibility index (Phi) is 5.72. The Morgan fingerprint density at radius 2 is 2.19 bits per heavy atom. The zero-order chi connectivity index (χ0) is 22.1. The van der Waals surface area contributed by atoms with Gasteiger partial charge >= 0.3 is 6.09 Å². The summed E-state index contributed by atoms with van der Waals surface area (Å²) in [6.45, 7) is 5.95. The zero-order valence-corrected chi connectivity index (χ0v) is 18.2. The smallest absolute Gasteiger partial charge is 0.407 e. The fraction of sp³-hybridized carbons (Fsp3) is 0.619. The van der Waals surface area contributed by atoms with Gasteiger partial charge in [-0.05, 0) is 52.5 Å². The molecule has 2 fully saturated rings. The van der Waals surface area contributed by atoms with E-state index in [-0.39, 0.29) is 13.1 Å². The Balaban J connectivity index is 1.37. The van der Waals surface area contributed by atoms with Gasteiger partial charge in [-0.1, -0.05) is 0 Å². The van der Waals surface area contributed by atoms with Gasteiger partial charge in [0.05, 0.1) is 13.1 Å². The Bertz CT molecular complexity index is 924.